The molecular formula is C16H17BrFN. The van der Waals surface area contributed by atoms with Crippen molar-refractivity contribution in [2.24, 2.45) is 0 Å². The summed E-state index contributed by atoms with van der Waals surface area (Å²) in [5.74, 6) is -0.189. The van der Waals surface area contributed by atoms with Gasteiger partial charge < -0.3 is 5.32 Å². The van der Waals surface area contributed by atoms with Gasteiger partial charge in [0.1, 0.15) is 5.82 Å². The Hall–Kier alpha value is -1.35. The van der Waals surface area contributed by atoms with Crippen LogP contribution in [-0.2, 0) is 6.54 Å². The summed E-state index contributed by atoms with van der Waals surface area (Å²) in [5.41, 5.74) is 5.52. The van der Waals surface area contributed by atoms with E-state index < -0.39 is 0 Å². The van der Waals surface area contributed by atoms with Gasteiger partial charge in [0.15, 0.2) is 0 Å². The van der Waals surface area contributed by atoms with E-state index in [0.29, 0.717) is 6.54 Å². The van der Waals surface area contributed by atoms with E-state index in [1.54, 1.807) is 6.07 Å². The van der Waals surface area contributed by atoms with E-state index in [9.17, 15) is 4.39 Å². The molecular weight excluding hydrogens is 305 g/mol. The summed E-state index contributed by atoms with van der Waals surface area (Å²) in [7, 11) is 0. The number of benzene rings is 2. The van der Waals surface area contributed by atoms with Gasteiger partial charge in [-0.05, 0) is 67.3 Å². The Morgan fingerprint density at radius 3 is 2.26 bits per heavy atom. The maximum atomic E-state index is 13.2. The first kappa shape index (κ1) is 14.1. The Bertz CT molecular complexity index is 585. The highest BCUT2D eigenvalue weighted by atomic mass is 79.9. The zero-order chi connectivity index (χ0) is 14.0. The molecule has 0 saturated carbocycles. The fourth-order valence-corrected chi connectivity index (χ4v) is 2.30. The molecule has 0 amide bonds. The fourth-order valence-electron chi connectivity index (χ4n) is 2.08. The van der Waals surface area contributed by atoms with Crippen molar-refractivity contribution in [3.05, 3.63) is 62.9 Å². The lowest BCUT2D eigenvalue weighted by atomic mass is 10.1. The van der Waals surface area contributed by atoms with Crippen LogP contribution in [0.5, 0.6) is 0 Å². The normalized spacial score (nSPS) is 10.6. The van der Waals surface area contributed by atoms with Crippen molar-refractivity contribution in [3.8, 4) is 0 Å². The molecule has 0 spiro atoms. The highest BCUT2D eigenvalue weighted by molar-refractivity contribution is 9.10. The first-order chi connectivity index (χ1) is 8.97. The average molecular weight is 322 g/mol. The molecule has 0 radical (unpaired) electrons. The van der Waals surface area contributed by atoms with Gasteiger partial charge >= 0.3 is 0 Å². The molecule has 1 N–H and O–H groups in total. The summed E-state index contributed by atoms with van der Waals surface area (Å²) in [6.07, 6.45) is 0. The van der Waals surface area contributed by atoms with Gasteiger partial charge in [-0.25, -0.2) is 4.39 Å². The van der Waals surface area contributed by atoms with Gasteiger partial charge in [-0.2, -0.15) is 0 Å². The van der Waals surface area contributed by atoms with Gasteiger partial charge in [0.25, 0.3) is 0 Å². The van der Waals surface area contributed by atoms with Crippen molar-refractivity contribution in [3.63, 3.8) is 0 Å². The predicted octanol–water partition coefficient (Wildman–Crippen LogP) is 5.13. The lowest BCUT2D eigenvalue weighted by Gasteiger charge is -2.12. The van der Waals surface area contributed by atoms with Gasteiger partial charge in [0.05, 0.1) is 0 Å². The summed E-state index contributed by atoms with van der Waals surface area (Å²) in [4.78, 5) is 0. The predicted molar refractivity (Wildman–Crippen MR) is 82.1 cm³/mol. The summed E-state index contributed by atoms with van der Waals surface area (Å²) in [6, 6.07) is 9.06. The molecule has 0 saturated heterocycles. The van der Waals surface area contributed by atoms with Gasteiger partial charge in [0.2, 0.25) is 0 Å². The first-order valence-corrected chi connectivity index (χ1v) is 7.02. The second-order valence-corrected chi connectivity index (χ2v) is 5.64. The van der Waals surface area contributed by atoms with Crippen LogP contribution in [0.25, 0.3) is 0 Å². The van der Waals surface area contributed by atoms with E-state index >= 15 is 0 Å². The Morgan fingerprint density at radius 2 is 1.63 bits per heavy atom. The molecule has 0 bridgehead atoms. The van der Waals surface area contributed by atoms with E-state index in [1.807, 2.05) is 13.0 Å². The molecule has 100 valence electrons. The molecule has 0 aliphatic carbocycles. The van der Waals surface area contributed by atoms with Crippen LogP contribution in [0.2, 0.25) is 0 Å². The standard InChI is InChI=1S/C16H17BrFN/c1-10-4-5-14(18)8-13(10)9-19-15-6-11(2)16(17)12(3)7-15/h4-8,19H,9H2,1-3H3. The van der Waals surface area contributed by atoms with Crippen molar-refractivity contribution in [1.29, 1.82) is 0 Å². The third kappa shape index (κ3) is 3.35. The minimum absolute atomic E-state index is 0.189. The van der Waals surface area contributed by atoms with Crippen molar-refractivity contribution < 1.29 is 4.39 Å². The molecule has 0 aliphatic rings. The molecule has 1 nitrogen and oxygen atoms in total. The highest BCUT2D eigenvalue weighted by Gasteiger charge is 2.04. The summed E-state index contributed by atoms with van der Waals surface area (Å²) >= 11 is 3.55. The largest absolute Gasteiger partial charge is 0.381 e. The van der Waals surface area contributed by atoms with E-state index in [2.05, 4.69) is 47.2 Å². The zero-order valence-electron chi connectivity index (χ0n) is 11.3. The SMILES string of the molecule is Cc1ccc(F)cc1CNc1cc(C)c(Br)c(C)c1. The van der Waals surface area contributed by atoms with Gasteiger partial charge in [-0.15, -0.1) is 0 Å². The van der Waals surface area contributed by atoms with Gasteiger partial charge in [-0.1, -0.05) is 22.0 Å². The zero-order valence-corrected chi connectivity index (χ0v) is 12.9. The van der Waals surface area contributed by atoms with Crippen molar-refractivity contribution >= 4 is 21.6 Å². The number of hydrogen-bond donors (Lipinski definition) is 1. The van der Waals surface area contributed by atoms with Crippen LogP contribution in [0.1, 0.15) is 22.3 Å². The van der Waals surface area contributed by atoms with Crippen LogP contribution in [0, 0.1) is 26.6 Å². The van der Waals surface area contributed by atoms with Crippen LogP contribution >= 0.6 is 15.9 Å². The second kappa shape index (κ2) is 5.74. The second-order valence-electron chi connectivity index (χ2n) is 4.85. The van der Waals surface area contributed by atoms with E-state index in [4.69, 9.17) is 0 Å². The smallest absolute Gasteiger partial charge is 0.123 e. The number of halogens is 2. The number of nitrogens with one attached hydrogen (secondary N) is 1. The van der Waals surface area contributed by atoms with E-state index in [0.717, 1.165) is 21.3 Å². The Morgan fingerprint density at radius 1 is 1.00 bits per heavy atom. The van der Waals surface area contributed by atoms with Crippen LogP contribution in [0.4, 0.5) is 10.1 Å². The maximum absolute atomic E-state index is 13.2. The molecule has 2 aromatic rings. The van der Waals surface area contributed by atoms with Gasteiger partial charge in [0, 0.05) is 16.7 Å². The Kier molecular flexibility index (Phi) is 4.25. The van der Waals surface area contributed by atoms with Crippen LogP contribution in [-0.4, -0.2) is 0 Å². The molecule has 3 heteroatoms. The average Bonchev–Trinajstić information content (AvgIpc) is 2.37. The molecule has 0 heterocycles. The lowest BCUT2D eigenvalue weighted by molar-refractivity contribution is 0.625. The minimum Gasteiger partial charge on any atom is -0.381 e. The number of anilines is 1. The molecule has 0 fully saturated rings. The fraction of sp³-hybridized carbons (Fsp3) is 0.250. The molecule has 0 aromatic heterocycles. The highest BCUT2D eigenvalue weighted by Crippen LogP contribution is 2.25. The molecule has 0 unspecified atom stereocenters. The minimum atomic E-state index is -0.189. The van der Waals surface area contributed by atoms with Crippen molar-refractivity contribution in [2.75, 3.05) is 5.32 Å². The molecule has 2 rings (SSSR count). The number of aryl methyl sites for hydroxylation is 3. The molecule has 2 aromatic carbocycles. The summed E-state index contributed by atoms with van der Waals surface area (Å²) in [6.45, 7) is 6.75. The lowest BCUT2D eigenvalue weighted by Crippen LogP contribution is -2.02. The number of hydrogen-bond acceptors (Lipinski definition) is 1. The molecule has 19 heavy (non-hydrogen) atoms. The van der Waals surface area contributed by atoms with Crippen LogP contribution in [0.15, 0.2) is 34.8 Å². The third-order valence-electron chi connectivity index (χ3n) is 3.23. The Balaban J connectivity index is 2.17. The topological polar surface area (TPSA) is 12.0 Å². The third-order valence-corrected chi connectivity index (χ3v) is 4.48. The van der Waals surface area contributed by atoms with Crippen molar-refractivity contribution in [2.45, 2.75) is 27.3 Å². The van der Waals surface area contributed by atoms with E-state index in [1.165, 1.54) is 17.2 Å². The first-order valence-electron chi connectivity index (χ1n) is 6.23. The van der Waals surface area contributed by atoms with Gasteiger partial charge in [-0.3, -0.25) is 0 Å². The number of rotatable bonds is 3. The van der Waals surface area contributed by atoms with Crippen LogP contribution < -0.4 is 5.32 Å². The van der Waals surface area contributed by atoms with Crippen LogP contribution in [0.3, 0.4) is 0 Å². The maximum Gasteiger partial charge on any atom is 0.123 e. The quantitative estimate of drug-likeness (QED) is 0.826. The van der Waals surface area contributed by atoms with E-state index in [-0.39, 0.29) is 5.82 Å². The molecule has 0 aliphatic heterocycles. The van der Waals surface area contributed by atoms with Crippen molar-refractivity contribution in [1.82, 2.24) is 0 Å². The monoisotopic (exact) mass is 321 g/mol. The molecule has 0 atom stereocenters. The summed E-state index contributed by atoms with van der Waals surface area (Å²) in [5, 5.41) is 3.35. The summed E-state index contributed by atoms with van der Waals surface area (Å²) < 4.78 is 14.4. The Labute approximate surface area is 122 Å².